The van der Waals surface area contributed by atoms with Gasteiger partial charge in [0.2, 0.25) is 0 Å². The van der Waals surface area contributed by atoms with E-state index in [4.69, 9.17) is 9.47 Å². The summed E-state index contributed by atoms with van der Waals surface area (Å²) in [7, 11) is 1.55. The second-order valence-electron chi connectivity index (χ2n) is 3.37. The lowest BCUT2D eigenvalue weighted by atomic mass is 10.2. The van der Waals surface area contributed by atoms with Crippen LogP contribution in [0.4, 0.5) is 10.5 Å². The summed E-state index contributed by atoms with van der Waals surface area (Å²) in [4.78, 5) is 23.4. The Hall–Kier alpha value is -2.04. The van der Waals surface area contributed by atoms with Crippen LogP contribution in [-0.2, 0) is 9.53 Å². The van der Waals surface area contributed by atoms with Crippen molar-refractivity contribution in [3.05, 3.63) is 24.3 Å². The van der Waals surface area contributed by atoms with Gasteiger partial charge in [-0.3, -0.25) is 9.69 Å². The zero-order chi connectivity index (χ0) is 11.5. The summed E-state index contributed by atoms with van der Waals surface area (Å²) >= 11 is 0. The van der Waals surface area contributed by atoms with E-state index in [-0.39, 0.29) is 6.54 Å². The first-order valence-corrected chi connectivity index (χ1v) is 4.82. The fourth-order valence-electron chi connectivity index (χ4n) is 1.54. The molecule has 0 aromatic heterocycles. The van der Waals surface area contributed by atoms with E-state index in [1.807, 2.05) is 0 Å². The average Bonchev–Trinajstić information content (AvgIpc) is 2.71. The molecule has 84 valence electrons. The van der Waals surface area contributed by atoms with Crippen LogP contribution >= 0.6 is 0 Å². The third kappa shape index (κ3) is 1.84. The zero-order valence-corrected chi connectivity index (χ0v) is 8.75. The lowest BCUT2D eigenvalue weighted by Crippen LogP contribution is -2.24. The number of ether oxygens (including phenoxy) is 2. The van der Waals surface area contributed by atoms with Crippen molar-refractivity contribution in [2.45, 2.75) is 6.10 Å². The van der Waals surface area contributed by atoms with Crippen molar-refractivity contribution in [1.29, 1.82) is 0 Å². The van der Waals surface area contributed by atoms with Gasteiger partial charge in [0.05, 0.1) is 19.3 Å². The number of methoxy groups -OCH3 is 1. The fraction of sp³-hybridized carbons (Fsp3) is 0.273. The Bertz CT molecular complexity index is 418. The zero-order valence-electron chi connectivity index (χ0n) is 8.75. The summed E-state index contributed by atoms with van der Waals surface area (Å²) in [6.45, 7) is 0.246. The van der Waals surface area contributed by atoms with Crippen LogP contribution in [0.25, 0.3) is 0 Å². The number of carbonyl (C=O) groups excluding carboxylic acids is 2. The molecule has 0 N–H and O–H groups in total. The molecule has 0 saturated carbocycles. The predicted octanol–water partition coefficient (Wildman–Crippen LogP) is 1.22. The molecule has 0 aliphatic carbocycles. The molecule has 1 heterocycles. The van der Waals surface area contributed by atoms with Crippen molar-refractivity contribution in [3.63, 3.8) is 0 Å². The van der Waals surface area contributed by atoms with Gasteiger partial charge in [0.1, 0.15) is 5.75 Å². The summed E-state index contributed by atoms with van der Waals surface area (Å²) in [5.74, 6) is 0.653. The van der Waals surface area contributed by atoms with Crippen molar-refractivity contribution < 1.29 is 19.1 Å². The van der Waals surface area contributed by atoms with E-state index < -0.39 is 12.2 Å². The Kier molecular flexibility index (Phi) is 2.76. The number of cyclic esters (lactones) is 1. The van der Waals surface area contributed by atoms with Gasteiger partial charge >= 0.3 is 6.09 Å². The Morgan fingerprint density at radius 3 is 3.00 bits per heavy atom. The van der Waals surface area contributed by atoms with Gasteiger partial charge in [-0.15, -0.1) is 0 Å². The first kappa shape index (κ1) is 10.5. The van der Waals surface area contributed by atoms with Crippen molar-refractivity contribution >= 4 is 18.1 Å². The predicted molar refractivity (Wildman–Crippen MR) is 56.7 cm³/mol. The minimum Gasteiger partial charge on any atom is -0.497 e. The minimum absolute atomic E-state index is 0.246. The van der Waals surface area contributed by atoms with E-state index in [1.54, 1.807) is 31.4 Å². The van der Waals surface area contributed by atoms with Gasteiger partial charge in [0, 0.05) is 6.07 Å². The summed E-state index contributed by atoms with van der Waals surface area (Å²) in [5, 5.41) is 0. The number of amides is 1. The van der Waals surface area contributed by atoms with Crippen LogP contribution < -0.4 is 9.64 Å². The molecule has 1 aromatic carbocycles. The number of rotatable bonds is 3. The molecule has 1 aromatic rings. The molecule has 1 atom stereocenters. The van der Waals surface area contributed by atoms with Crippen molar-refractivity contribution in [2.75, 3.05) is 18.6 Å². The highest BCUT2D eigenvalue weighted by molar-refractivity contribution is 5.92. The maximum atomic E-state index is 11.4. The third-order valence-corrected chi connectivity index (χ3v) is 2.35. The largest absolute Gasteiger partial charge is 0.497 e. The van der Waals surface area contributed by atoms with Crippen LogP contribution in [0, 0.1) is 0 Å². The third-order valence-electron chi connectivity index (χ3n) is 2.35. The van der Waals surface area contributed by atoms with E-state index in [1.165, 1.54) is 4.90 Å². The molecule has 1 fully saturated rings. The molecule has 16 heavy (non-hydrogen) atoms. The van der Waals surface area contributed by atoms with Crippen molar-refractivity contribution in [2.24, 2.45) is 0 Å². The SMILES string of the molecule is COc1cccc(N2CC(C=O)OC2=O)c1. The number of carbonyl (C=O) groups is 2. The smallest absolute Gasteiger partial charge is 0.415 e. The molecule has 5 heteroatoms. The maximum Gasteiger partial charge on any atom is 0.415 e. The molecule has 0 bridgehead atoms. The lowest BCUT2D eigenvalue weighted by molar-refractivity contribution is -0.113. The maximum absolute atomic E-state index is 11.4. The Labute approximate surface area is 92.6 Å². The minimum atomic E-state index is -0.682. The number of nitrogens with zero attached hydrogens (tertiary/aromatic N) is 1. The molecule has 5 nitrogen and oxygen atoms in total. The summed E-state index contributed by atoms with van der Waals surface area (Å²) in [6, 6.07) is 7.03. The van der Waals surface area contributed by atoms with Gasteiger partial charge in [0.25, 0.3) is 0 Å². The Morgan fingerprint density at radius 1 is 1.56 bits per heavy atom. The first-order valence-electron chi connectivity index (χ1n) is 4.82. The van der Waals surface area contributed by atoms with Crippen LogP contribution in [0.1, 0.15) is 0 Å². The van der Waals surface area contributed by atoms with E-state index in [9.17, 15) is 9.59 Å². The van der Waals surface area contributed by atoms with Gasteiger partial charge in [-0.25, -0.2) is 4.79 Å². The number of anilines is 1. The quantitative estimate of drug-likeness (QED) is 0.720. The molecule has 1 aliphatic heterocycles. The Morgan fingerprint density at radius 2 is 2.38 bits per heavy atom. The second kappa shape index (κ2) is 4.22. The molecule has 2 rings (SSSR count). The highest BCUT2D eigenvalue weighted by Gasteiger charge is 2.31. The van der Waals surface area contributed by atoms with Gasteiger partial charge in [0.15, 0.2) is 12.4 Å². The van der Waals surface area contributed by atoms with Gasteiger partial charge in [-0.1, -0.05) is 6.07 Å². The van der Waals surface area contributed by atoms with Crippen molar-refractivity contribution in [3.8, 4) is 5.75 Å². The molecular weight excluding hydrogens is 210 g/mol. The number of benzene rings is 1. The topological polar surface area (TPSA) is 55.8 Å². The highest BCUT2D eigenvalue weighted by Crippen LogP contribution is 2.24. The molecule has 0 radical (unpaired) electrons. The fourth-order valence-corrected chi connectivity index (χ4v) is 1.54. The van der Waals surface area contributed by atoms with Crippen LogP contribution in [0.15, 0.2) is 24.3 Å². The summed E-state index contributed by atoms with van der Waals surface area (Å²) < 4.78 is 9.88. The second-order valence-corrected chi connectivity index (χ2v) is 3.37. The Balaban J connectivity index is 2.23. The summed E-state index contributed by atoms with van der Waals surface area (Å²) in [6.07, 6.45) is -0.568. The molecule has 1 aliphatic rings. The molecule has 1 amide bonds. The van der Waals surface area contributed by atoms with E-state index >= 15 is 0 Å². The molecule has 1 saturated heterocycles. The van der Waals surface area contributed by atoms with Crippen LogP contribution in [0.3, 0.4) is 0 Å². The van der Waals surface area contributed by atoms with Crippen LogP contribution in [0.2, 0.25) is 0 Å². The summed E-state index contributed by atoms with van der Waals surface area (Å²) in [5.41, 5.74) is 0.661. The van der Waals surface area contributed by atoms with Gasteiger partial charge in [-0.05, 0) is 12.1 Å². The normalized spacial score (nSPS) is 19.4. The average molecular weight is 221 g/mol. The monoisotopic (exact) mass is 221 g/mol. The molecular formula is C11H11NO4. The van der Waals surface area contributed by atoms with Crippen LogP contribution in [-0.4, -0.2) is 32.1 Å². The number of hydrogen-bond donors (Lipinski definition) is 0. The van der Waals surface area contributed by atoms with E-state index in [0.29, 0.717) is 17.7 Å². The van der Waals surface area contributed by atoms with Crippen LogP contribution in [0.5, 0.6) is 5.75 Å². The van der Waals surface area contributed by atoms with Crippen molar-refractivity contribution in [1.82, 2.24) is 0 Å². The van der Waals surface area contributed by atoms with Gasteiger partial charge in [-0.2, -0.15) is 0 Å². The first-order chi connectivity index (χ1) is 7.74. The highest BCUT2D eigenvalue weighted by atomic mass is 16.6. The van der Waals surface area contributed by atoms with E-state index in [2.05, 4.69) is 0 Å². The standard InChI is InChI=1S/C11H11NO4/c1-15-9-4-2-3-8(5-9)12-6-10(7-13)16-11(12)14/h2-5,7,10H,6H2,1H3. The lowest BCUT2D eigenvalue weighted by Gasteiger charge is -2.13. The molecule has 1 unspecified atom stereocenters. The van der Waals surface area contributed by atoms with Gasteiger partial charge < -0.3 is 9.47 Å². The molecule has 0 spiro atoms. The number of hydrogen-bond acceptors (Lipinski definition) is 4. The number of aldehydes is 1. The van der Waals surface area contributed by atoms with E-state index in [0.717, 1.165) is 0 Å².